The molecule has 0 bridgehead atoms. The first-order valence-electron chi connectivity index (χ1n) is 4.83. The second-order valence-corrected chi connectivity index (χ2v) is 3.24. The monoisotopic (exact) mass is 208 g/mol. The molecule has 0 heterocycles. The SMILES string of the molecule is COCCNC(=O)Nc1cccc(C)c1. The summed E-state index contributed by atoms with van der Waals surface area (Å²) in [5, 5.41) is 5.41. The Hall–Kier alpha value is -1.55. The first kappa shape index (κ1) is 11.5. The van der Waals surface area contributed by atoms with Gasteiger partial charge in [0.2, 0.25) is 0 Å². The number of anilines is 1. The Bertz CT molecular complexity index is 326. The number of hydrogen-bond acceptors (Lipinski definition) is 2. The molecule has 0 saturated carbocycles. The van der Waals surface area contributed by atoms with Gasteiger partial charge in [-0.25, -0.2) is 4.79 Å². The number of ether oxygens (including phenoxy) is 1. The zero-order valence-corrected chi connectivity index (χ0v) is 9.04. The van der Waals surface area contributed by atoms with Gasteiger partial charge in [-0.2, -0.15) is 0 Å². The largest absolute Gasteiger partial charge is 0.383 e. The second kappa shape index (κ2) is 6.03. The van der Waals surface area contributed by atoms with Crippen molar-refractivity contribution in [3.05, 3.63) is 29.8 Å². The quantitative estimate of drug-likeness (QED) is 0.741. The molecule has 1 aromatic carbocycles. The maximum atomic E-state index is 11.3. The van der Waals surface area contributed by atoms with Crippen LogP contribution in [0, 0.1) is 6.92 Å². The molecule has 1 aromatic rings. The number of methoxy groups -OCH3 is 1. The van der Waals surface area contributed by atoms with Gasteiger partial charge >= 0.3 is 6.03 Å². The summed E-state index contributed by atoms with van der Waals surface area (Å²) in [5.74, 6) is 0. The topological polar surface area (TPSA) is 50.4 Å². The van der Waals surface area contributed by atoms with Crippen molar-refractivity contribution in [1.29, 1.82) is 0 Å². The van der Waals surface area contributed by atoms with Crippen LogP contribution in [0.4, 0.5) is 10.5 Å². The lowest BCUT2D eigenvalue weighted by Gasteiger charge is -2.07. The first-order valence-corrected chi connectivity index (χ1v) is 4.83. The molecule has 0 spiro atoms. The lowest BCUT2D eigenvalue weighted by Crippen LogP contribution is -2.31. The molecule has 0 fully saturated rings. The third-order valence-electron chi connectivity index (χ3n) is 1.87. The molecule has 0 atom stereocenters. The first-order chi connectivity index (χ1) is 7.22. The Labute approximate surface area is 89.6 Å². The molecule has 1 rings (SSSR count). The van der Waals surface area contributed by atoms with E-state index < -0.39 is 0 Å². The average molecular weight is 208 g/mol. The normalized spacial score (nSPS) is 9.73. The maximum absolute atomic E-state index is 11.3. The van der Waals surface area contributed by atoms with Crippen LogP contribution >= 0.6 is 0 Å². The second-order valence-electron chi connectivity index (χ2n) is 3.24. The van der Waals surface area contributed by atoms with E-state index in [-0.39, 0.29) is 6.03 Å². The van der Waals surface area contributed by atoms with Crippen LogP contribution in [-0.2, 0) is 4.74 Å². The summed E-state index contributed by atoms with van der Waals surface area (Å²) < 4.78 is 4.82. The third-order valence-corrected chi connectivity index (χ3v) is 1.87. The summed E-state index contributed by atoms with van der Waals surface area (Å²) in [7, 11) is 1.60. The molecule has 2 N–H and O–H groups in total. The van der Waals surface area contributed by atoms with Crippen molar-refractivity contribution < 1.29 is 9.53 Å². The molecule has 0 unspecified atom stereocenters. The van der Waals surface area contributed by atoms with Crippen molar-refractivity contribution in [1.82, 2.24) is 5.32 Å². The van der Waals surface area contributed by atoms with Crippen molar-refractivity contribution in [2.45, 2.75) is 6.92 Å². The molecule has 0 aromatic heterocycles. The van der Waals surface area contributed by atoms with E-state index in [2.05, 4.69) is 10.6 Å². The van der Waals surface area contributed by atoms with E-state index in [0.29, 0.717) is 13.2 Å². The highest BCUT2D eigenvalue weighted by Gasteiger charge is 1.99. The van der Waals surface area contributed by atoms with Crippen LogP contribution in [0.25, 0.3) is 0 Å². The predicted molar refractivity (Wildman–Crippen MR) is 60.1 cm³/mol. The van der Waals surface area contributed by atoms with E-state index in [9.17, 15) is 4.79 Å². The smallest absolute Gasteiger partial charge is 0.319 e. The standard InChI is InChI=1S/C11H16N2O2/c1-9-4-3-5-10(8-9)13-11(14)12-6-7-15-2/h3-5,8H,6-7H2,1-2H3,(H2,12,13,14). The van der Waals surface area contributed by atoms with Crippen LogP contribution in [-0.4, -0.2) is 26.3 Å². The van der Waals surface area contributed by atoms with Crippen molar-refractivity contribution in [2.75, 3.05) is 25.6 Å². The number of carbonyl (C=O) groups excluding carboxylic acids is 1. The van der Waals surface area contributed by atoms with Crippen molar-refractivity contribution in [2.24, 2.45) is 0 Å². The lowest BCUT2D eigenvalue weighted by atomic mass is 10.2. The number of nitrogens with one attached hydrogen (secondary N) is 2. The van der Waals surface area contributed by atoms with Crippen LogP contribution in [0.3, 0.4) is 0 Å². The highest BCUT2D eigenvalue weighted by atomic mass is 16.5. The molecular weight excluding hydrogens is 192 g/mol. The number of hydrogen-bond donors (Lipinski definition) is 2. The highest BCUT2D eigenvalue weighted by molar-refractivity contribution is 5.89. The number of benzene rings is 1. The Kier molecular flexibility index (Phi) is 4.63. The highest BCUT2D eigenvalue weighted by Crippen LogP contribution is 2.08. The van der Waals surface area contributed by atoms with Crippen LogP contribution in [0.5, 0.6) is 0 Å². The minimum Gasteiger partial charge on any atom is -0.383 e. The molecule has 0 radical (unpaired) electrons. The Morgan fingerprint density at radius 2 is 2.27 bits per heavy atom. The summed E-state index contributed by atoms with van der Waals surface area (Å²) in [4.78, 5) is 11.3. The zero-order valence-electron chi connectivity index (χ0n) is 9.04. The van der Waals surface area contributed by atoms with Crippen LogP contribution in [0.1, 0.15) is 5.56 Å². The van der Waals surface area contributed by atoms with E-state index in [1.807, 2.05) is 31.2 Å². The fourth-order valence-corrected chi connectivity index (χ4v) is 1.16. The summed E-state index contributed by atoms with van der Waals surface area (Å²) in [5.41, 5.74) is 1.91. The van der Waals surface area contributed by atoms with Gasteiger partial charge in [0.15, 0.2) is 0 Å². The Morgan fingerprint density at radius 3 is 2.93 bits per heavy atom. The van der Waals surface area contributed by atoms with Crippen molar-refractivity contribution in [3.63, 3.8) is 0 Å². The fourth-order valence-electron chi connectivity index (χ4n) is 1.16. The number of carbonyl (C=O) groups is 1. The molecular formula is C11H16N2O2. The van der Waals surface area contributed by atoms with E-state index in [1.54, 1.807) is 7.11 Å². The van der Waals surface area contributed by atoms with Gasteiger partial charge in [0.1, 0.15) is 0 Å². The van der Waals surface area contributed by atoms with Gasteiger partial charge in [-0.05, 0) is 24.6 Å². The number of rotatable bonds is 4. The molecule has 15 heavy (non-hydrogen) atoms. The summed E-state index contributed by atoms with van der Waals surface area (Å²) in [6.07, 6.45) is 0. The minimum atomic E-state index is -0.211. The number of aryl methyl sites for hydroxylation is 1. The van der Waals surface area contributed by atoms with Crippen molar-refractivity contribution in [3.8, 4) is 0 Å². The predicted octanol–water partition coefficient (Wildman–Crippen LogP) is 1.76. The maximum Gasteiger partial charge on any atom is 0.319 e. The molecule has 0 aliphatic rings. The lowest BCUT2D eigenvalue weighted by molar-refractivity contribution is 0.198. The molecule has 0 aliphatic carbocycles. The van der Waals surface area contributed by atoms with Crippen LogP contribution in [0.2, 0.25) is 0 Å². The molecule has 4 nitrogen and oxygen atoms in total. The summed E-state index contributed by atoms with van der Waals surface area (Å²) >= 11 is 0. The number of urea groups is 1. The van der Waals surface area contributed by atoms with Gasteiger partial charge in [0, 0.05) is 19.3 Å². The number of amides is 2. The minimum absolute atomic E-state index is 0.211. The van der Waals surface area contributed by atoms with E-state index in [0.717, 1.165) is 11.3 Å². The molecule has 0 aliphatic heterocycles. The Morgan fingerprint density at radius 1 is 1.47 bits per heavy atom. The summed E-state index contributed by atoms with van der Waals surface area (Å²) in [6.45, 7) is 3.00. The Balaban J connectivity index is 2.37. The van der Waals surface area contributed by atoms with Crippen LogP contribution < -0.4 is 10.6 Å². The van der Waals surface area contributed by atoms with Crippen molar-refractivity contribution >= 4 is 11.7 Å². The van der Waals surface area contributed by atoms with Crippen LogP contribution in [0.15, 0.2) is 24.3 Å². The molecule has 2 amide bonds. The van der Waals surface area contributed by atoms with Gasteiger partial charge in [-0.1, -0.05) is 12.1 Å². The molecule has 0 saturated heterocycles. The van der Waals surface area contributed by atoms with E-state index in [4.69, 9.17) is 4.74 Å². The summed E-state index contributed by atoms with van der Waals surface area (Å²) in [6, 6.07) is 7.44. The van der Waals surface area contributed by atoms with Gasteiger partial charge < -0.3 is 15.4 Å². The van der Waals surface area contributed by atoms with E-state index >= 15 is 0 Å². The van der Waals surface area contributed by atoms with E-state index in [1.165, 1.54) is 0 Å². The zero-order chi connectivity index (χ0) is 11.1. The van der Waals surface area contributed by atoms with Gasteiger partial charge in [0.25, 0.3) is 0 Å². The average Bonchev–Trinajstić information content (AvgIpc) is 2.18. The molecule has 4 heteroatoms. The fraction of sp³-hybridized carbons (Fsp3) is 0.364. The van der Waals surface area contributed by atoms with Gasteiger partial charge in [-0.3, -0.25) is 0 Å². The van der Waals surface area contributed by atoms with Gasteiger partial charge in [-0.15, -0.1) is 0 Å². The van der Waals surface area contributed by atoms with Gasteiger partial charge in [0.05, 0.1) is 6.61 Å². The third kappa shape index (κ3) is 4.46. The molecule has 82 valence electrons.